The molecule has 0 spiro atoms. The summed E-state index contributed by atoms with van der Waals surface area (Å²) < 4.78 is 38.0. The zero-order chi connectivity index (χ0) is 20.7. The number of nitrogens with one attached hydrogen (secondary N) is 1. The number of carbonyl (C=O) groups is 1. The molecular weight excluding hydrogens is 390 g/mol. The summed E-state index contributed by atoms with van der Waals surface area (Å²) in [6.45, 7) is 0.237. The molecule has 0 saturated carbocycles. The van der Waals surface area contributed by atoms with Crippen LogP contribution in [0.4, 0.5) is 0 Å². The van der Waals surface area contributed by atoms with E-state index >= 15 is 0 Å². The molecule has 0 unspecified atom stereocenters. The number of benzene rings is 3. The molecule has 0 fully saturated rings. The Hall–Kier alpha value is -3.16. The van der Waals surface area contributed by atoms with Gasteiger partial charge in [0.25, 0.3) is 0 Å². The molecule has 29 heavy (non-hydrogen) atoms. The van der Waals surface area contributed by atoms with Gasteiger partial charge in [0.15, 0.2) is 0 Å². The number of hydrogen-bond acceptors (Lipinski definition) is 5. The van der Waals surface area contributed by atoms with Crippen molar-refractivity contribution in [3.8, 4) is 5.75 Å². The third-order valence-electron chi connectivity index (χ3n) is 4.22. The molecule has 0 atom stereocenters. The van der Waals surface area contributed by atoms with E-state index in [1.807, 2.05) is 30.3 Å². The average Bonchev–Trinajstić information content (AvgIpc) is 2.77. The van der Waals surface area contributed by atoms with E-state index < -0.39 is 16.0 Å². The minimum atomic E-state index is -3.76. The Bertz CT molecular complexity index is 1060. The quantitative estimate of drug-likeness (QED) is 0.574. The Morgan fingerprint density at radius 1 is 0.897 bits per heavy atom. The molecule has 150 valence electrons. The lowest BCUT2D eigenvalue weighted by Gasteiger charge is -2.09. The molecule has 1 N–H and O–H groups in total. The molecule has 0 bridgehead atoms. The van der Waals surface area contributed by atoms with Gasteiger partial charge in [-0.15, -0.1) is 0 Å². The van der Waals surface area contributed by atoms with Crippen LogP contribution in [-0.2, 0) is 27.9 Å². The summed E-state index contributed by atoms with van der Waals surface area (Å²) in [5.74, 6) is 0.113. The maximum atomic E-state index is 12.5. The van der Waals surface area contributed by atoms with Gasteiger partial charge in [0.1, 0.15) is 12.4 Å². The lowest BCUT2D eigenvalue weighted by atomic mass is 10.2. The van der Waals surface area contributed by atoms with Crippen molar-refractivity contribution >= 4 is 16.0 Å². The molecular formula is C22H21NO5S. The first-order valence-corrected chi connectivity index (χ1v) is 10.4. The smallest absolute Gasteiger partial charge is 0.338 e. The Labute approximate surface area is 170 Å². The second-order valence-corrected chi connectivity index (χ2v) is 8.03. The molecule has 0 aromatic heterocycles. The van der Waals surface area contributed by atoms with Crippen LogP contribution in [0.3, 0.4) is 0 Å². The topological polar surface area (TPSA) is 81.7 Å². The summed E-state index contributed by atoms with van der Waals surface area (Å²) in [5.41, 5.74) is 1.81. The van der Waals surface area contributed by atoms with E-state index in [9.17, 15) is 13.2 Å². The van der Waals surface area contributed by atoms with Crippen molar-refractivity contribution in [2.75, 3.05) is 7.11 Å². The molecule has 0 aliphatic heterocycles. The van der Waals surface area contributed by atoms with Gasteiger partial charge < -0.3 is 9.47 Å². The third-order valence-corrected chi connectivity index (χ3v) is 5.62. The molecule has 0 radical (unpaired) electrons. The second-order valence-electron chi connectivity index (χ2n) is 6.26. The van der Waals surface area contributed by atoms with Crippen LogP contribution in [0.5, 0.6) is 5.75 Å². The average molecular weight is 411 g/mol. The number of methoxy groups -OCH3 is 1. The highest BCUT2D eigenvalue weighted by Crippen LogP contribution is 2.15. The molecule has 0 heterocycles. The van der Waals surface area contributed by atoms with E-state index in [0.717, 1.165) is 11.1 Å². The summed E-state index contributed by atoms with van der Waals surface area (Å²) >= 11 is 0. The monoisotopic (exact) mass is 411 g/mol. The lowest BCUT2D eigenvalue weighted by molar-refractivity contribution is 0.0472. The standard InChI is InChI=1S/C22H21NO5S/c1-27-20-12-10-18(11-13-20)16-28-22(24)19-8-5-9-21(14-19)29(25,26)23-15-17-6-3-2-4-7-17/h2-14,23H,15-16H2,1H3. The molecule has 0 saturated heterocycles. The third kappa shape index (κ3) is 5.66. The van der Waals surface area contributed by atoms with E-state index in [4.69, 9.17) is 9.47 Å². The van der Waals surface area contributed by atoms with Crippen molar-refractivity contribution in [2.24, 2.45) is 0 Å². The summed E-state index contributed by atoms with van der Waals surface area (Å²) in [4.78, 5) is 12.3. The van der Waals surface area contributed by atoms with Gasteiger partial charge in [0.2, 0.25) is 10.0 Å². The van der Waals surface area contributed by atoms with Crippen molar-refractivity contribution in [1.82, 2.24) is 4.72 Å². The molecule has 6 nitrogen and oxygen atoms in total. The van der Waals surface area contributed by atoms with Crippen molar-refractivity contribution in [1.29, 1.82) is 0 Å². The Morgan fingerprint density at radius 3 is 2.31 bits per heavy atom. The Balaban J connectivity index is 1.64. The summed E-state index contributed by atoms with van der Waals surface area (Å²) in [7, 11) is -2.19. The molecule has 7 heteroatoms. The Kier molecular flexibility index (Phi) is 6.64. The molecule has 3 aromatic rings. The number of sulfonamides is 1. The predicted octanol–water partition coefficient (Wildman–Crippen LogP) is 3.53. The second kappa shape index (κ2) is 9.36. The van der Waals surface area contributed by atoms with Gasteiger partial charge in [0.05, 0.1) is 17.6 Å². The van der Waals surface area contributed by atoms with Crippen LogP contribution in [0.2, 0.25) is 0 Å². The van der Waals surface area contributed by atoms with Crippen LogP contribution in [-0.4, -0.2) is 21.5 Å². The van der Waals surface area contributed by atoms with Crippen molar-refractivity contribution < 1.29 is 22.7 Å². The SMILES string of the molecule is COc1ccc(COC(=O)c2cccc(S(=O)(=O)NCc3ccccc3)c2)cc1. The van der Waals surface area contributed by atoms with E-state index in [-0.39, 0.29) is 23.6 Å². The van der Waals surface area contributed by atoms with Crippen molar-refractivity contribution in [3.05, 3.63) is 95.6 Å². The zero-order valence-electron chi connectivity index (χ0n) is 15.9. The van der Waals surface area contributed by atoms with Crippen LogP contribution in [0.1, 0.15) is 21.5 Å². The highest BCUT2D eigenvalue weighted by Gasteiger charge is 2.17. The van der Waals surface area contributed by atoms with Gasteiger partial charge in [0, 0.05) is 6.54 Å². The van der Waals surface area contributed by atoms with Gasteiger partial charge in [-0.3, -0.25) is 0 Å². The predicted molar refractivity (Wildman–Crippen MR) is 109 cm³/mol. The number of hydrogen-bond donors (Lipinski definition) is 1. The highest BCUT2D eigenvalue weighted by molar-refractivity contribution is 7.89. The van der Waals surface area contributed by atoms with Crippen LogP contribution in [0.15, 0.2) is 83.8 Å². The van der Waals surface area contributed by atoms with Crippen LogP contribution < -0.4 is 9.46 Å². The first-order chi connectivity index (χ1) is 14.0. The van der Waals surface area contributed by atoms with E-state index in [1.165, 1.54) is 24.3 Å². The molecule has 3 aromatic carbocycles. The van der Waals surface area contributed by atoms with Gasteiger partial charge >= 0.3 is 5.97 Å². The largest absolute Gasteiger partial charge is 0.497 e. The normalized spacial score (nSPS) is 11.1. The van der Waals surface area contributed by atoms with Crippen molar-refractivity contribution in [2.45, 2.75) is 18.0 Å². The van der Waals surface area contributed by atoms with E-state index in [2.05, 4.69) is 4.72 Å². The molecule has 0 aliphatic carbocycles. The minimum Gasteiger partial charge on any atom is -0.497 e. The number of esters is 1. The van der Waals surface area contributed by atoms with Crippen LogP contribution in [0.25, 0.3) is 0 Å². The van der Waals surface area contributed by atoms with Gasteiger partial charge in [-0.1, -0.05) is 48.5 Å². The maximum absolute atomic E-state index is 12.5. The van der Waals surface area contributed by atoms with Gasteiger partial charge in [-0.2, -0.15) is 0 Å². The van der Waals surface area contributed by atoms with E-state index in [0.29, 0.717) is 5.75 Å². The van der Waals surface area contributed by atoms with E-state index in [1.54, 1.807) is 31.4 Å². The van der Waals surface area contributed by atoms with Crippen LogP contribution >= 0.6 is 0 Å². The fraction of sp³-hybridized carbons (Fsp3) is 0.136. The van der Waals surface area contributed by atoms with Gasteiger partial charge in [-0.05, 0) is 41.5 Å². The first kappa shape index (κ1) is 20.6. The summed E-state index contributed by atoms with van der Waals surface area (Å²) in [5, 5.41) is 0. The number of rotatable bonds is 8. The number of ether oxygens (including phenoxy) is 2. The van der Waals surface area contributed by atoms with Crippen LogP contribution in [0, 0.1) is 0 Å². The maximum Gasteiger partial charge on any atom is 0.338 e. The number of carbonyl (C=O) groups excluding carboxylic acids is 1. The molecule has 0 amide bonds. The lowest BCUT2D eigenvalue weighted by Crippen LogP contribution is -2.23. The first-order valence-electron chi connectivity index (χ1n) is 8.91. The minimum absolute atomic E-state index is 0.00679. The fourth-order valence-electron chi connectivity index (χ4n) is 2.60. The molecule has 3 rings (SSSR count). The van der Waals surface area contributed by atoms with Crippen molar-refractivity contribution in [3.63, 3.8) is 0 Å². The molecule has 0 aliphatic rings. The summed E-state index contributed by atoms with van der Waals surface area (Å²) in [6.07, 6.45) is 0. The van der Waals surface area contributed by atoms with Gasteiger partial charge in [-0.25, -0.2) is 17.9 Å². The summed E-state index contributed by atoms with van der Waals surface area (Å²) in [6, 6.07) is 22.1. The zero-order valence-corrected chi connectivity index (χ0v) is 16.7. The fourth-order valence-corrected chi connectivity index (χ4v) is 3.66. The Morgan fingerprint density at radius 2 is 1.62 bits per heavy atom. The highest BCUT2D eigenvalue weighted by atomic mass is 32.2.